The van der Waals surface area contributed by atoms with Gasteiger partial charge in [-0.25, -0.2) is 0 Å². The number of hydrogen-bond acceptors (Lipinski definition) is 3. The van der Waals surface area contributed by atoms with Gasteiger partial charge in [0.25, 0.3) is 5.91 Å². The van der Waals surface area contributed by atoms with E-state index in [1.165, 1.54) is 0 Å². The first kappa shape index (κ1) is 17.7. The predicted octanol–water partition coefficient (Wildman–Crippen LogP) is 4.66. The van der Waals surface area contributed by atoms with E-state index in [0.29, 0.717) is 15.9 Å². The zero-order chi connectivity index (χ0) is 18.4. The molecule has 1 amide bonds. The van der Waals surface area contributed by atoms with Crippen molar-refractivity contribution in [2.24, 2.45) is 7.05 Å². The number of alkyl halides is 3. The molecule has 0 bridgehead atoms. The number of amides is 1. The summed E-state index contributed by atoms with van der Waals surface area (Å²) in [6.45, 7) is 0. The van der Waals surface area contributed by atoms with Crippen LogP contribution < -0.4 is 5.32 Å². The van der Waals surface area contributed by atoms with Crippen molar-refractivity contribution in [1.29, 1.82) is 0 Å². The predicted molar refractivity (Wildman–Crippen MR) is 90.6 cm³/mol. The molecule has 0 aliphatic carbocycles. The summed E-state index contributed by atoms with van der Waals surface area (Å²) >= 11 is 9.11. The zero-order valence-electron chi connectivity index (χ0n) is 12.5. The first-order valence-electron chi connectivity index (χ1n) is 6.84. The molecule has 2 aromatic heterocycles. The summed E-state index contributed by atoms with van der Waals surface area (Å²) in [6, 6.07) is 6.79. The Morgan fingerprint density at radius 3 is 2.68 bits per heavy atom. The van der Waals surface area contributed by atoms with Crippen LogP contribution in [0.1, 0.15) is 16.2 Å². The van der Waals surface area contributed by atoms with E-state index in [0.717, 1.165) is 16.9 Å². The third-order valence-corrected chi connectivity index (χ3v) is 4.49. The fourth-order valence-corrected chi connectivity index (χ4v) is 3.18. The SMILES string of the molecule is Cn1nc(C(=O)Nc2ccc(Br)c3cccnc23)c(Cl)c1C(F)(F)F. The Morgan fingerprint density at radius 2 is 2.04 bits per heavy atom. The number of carbonyl (C=O) groups is 1. The fourth-order valence-electron chi connectivity index (χ4n) is 2.37. The van der Waals surface area contributed by atoms with E-state index < -0.39 is 28.5 Å². The Kier molecular flexibility index (Phi) is 4.46. The van der Waals surface area contributed by atoms with Crippen LogP contribution in [-0.4, -0.2) is 20.7 Å². The van der Waals surface area contributed by atoms with Crippen LogP contribution in [0.25, 0.3) is 10.9 Å². The van der Waals surface area contributed by atoms with Gasteiger partial charge in [0.1, 0.15) is 5.02 Å². The summed E-state index contributed by atoms with van der Waals surface area (Å²) < 4.78 is 40.2. The van der Waals surface area contributed by atoms with Crippen molar-refractivity contribution >= 4 is 50.0 Å². The maximum Gasteiger partial charge on any atom is 0.434 e. The van der Waals surface area contributed by atoms with E-state index in [1.807, 2.05) is 0 Å². The van der Waals surface area contributed by atoms with E-state index in [9.17, 15) is 18.0 Å². The number of nitrogens with one attached hydrogen (secondary N) is 1. The van der Waals surface area contributed by atoms with Crippen molar-refractivity contribution in [3.05, 3.63) is 51.3 Å². The van der Waals surface area contributed by atoms with Gasteiger partial charge >= 0.3 is 6.18 Å². The summed E-state index contributed by atoms with van der Waals surface area (Å²) in [7, 11) is 1.07. The Morgan fingerprint density at radius 1 is 1.32 bits per heavy atom. The number of pyridine rings is 1. The van der Waals surface area contributed by atoms with Crippen molar-refractivity contribution in [2.75, 3.05) is 5.32 Å². The monoisotopic (exact) mass is 432 g/mol. The summed E-state index contributed by atoms with van der Waals surface area (Å²) in [5.41, 5.74) is -0.881. The van der Waals surface area contributed by atoms with Gasteiger partial charge in [0.2, 0.25) is 0 Å². The topological polar surface area (TPSA) is 59.8 Å². The molecule has 3 rings (SSSR count). The molecule has 1 N–H and O–H groups in total. The largest absolute Gasteiger partial charge is 0.434 e. The lowest BCUT2D eigenvalue weighted by atomic mass is 10.2. The highest BCUT2D eigenvalue weighted by molar-refractivity contribution is 9.10. The normalized spacial score (nSPS) is 11.8. The minimum Gasteiger partial charge on any atom is -0.319 e. The minimum atomic E-state index is -4.72. The Balaban J connectivity index is 2.01. The van der Waals surface area contributed by atoms with Crippen LogP contribution in [0, 0.1) is 0 Å². The van der Waals surface area contributed by atoms with Crippen molar-refractivity contribution in [2.45, 2.75) is 6.18 Å². The average Bonchev–Trinajstić information content (AvgIpc) is 2.85. The Hall–Kier alpha value is -2.13. The van der Waals surface area contributed by atoms with Gasteiger partial charge in [0.15, 0.2) is 11.4 Å². The molecule has 0 spiro atoms. The molecule has 25 heavy (non-hydrogen) atoms. The maximum absolute atomic E-state index is 13.0. The van der Waals surface area contributed by atoms with Crippen LogP contribution in [-0.2, 0) is 13.2 Å². The molecule has 0 atom stereocenters. The average molecular weight is 434 g/mol. The fraction of sp³-hybridized carbons (Fsp3) is 0.133. The second-order valence-electron chi connectivity index (χ2n) is 5.08. The number of aryl methyl sites for hydroxylation is 1. The molecular formula is C15H9BrClF3N4O. The smallest absolute Gasteiger partial charge is 0.319 e. The number of nitrogens with zero attached hydrogens (tertiary/aromatic N) is 3. The Bertz CT molecular complexity index is 987. The highest BCUT2D eigenvalue weighted by atomic mass is 79.9. The first-order chi connectivity index (χ1) is 11.7. The molecule has 0 saturated heterocycles. The van der Waals surface area contributed by atoms with Crippen LogP contribution in [0.3, 0.4) is 0 Å². The van der Waals surface area contributed by atoms with E-state index in [1.54, 1.807) is 30.5 Å². The number of benzene rings is 1. The number of halogens is 5. The van der Waals surface area contributed by atoms with Crippen LogP contribution >= 0.6 is 27.5 Å². The van der Waals surface area contributed by atoms with Crippen molar-refractivity contribution < 1.29 is 18.0 Å². The van der Waals surface area contributed by atoms with Crippen molar-refractivity contribution in [3.8, 4) is 0 Å². The number of rotatable bonds is 2. The van der Waals surface area contributed by atoms with Gasteiger partial charge in [-0.15, -0.1) is 0 Å². The third kappa shape index (κ3) is 3.21. The molecule has 1 aromatic carbocycles. The number of carbonyl (C=O) groups excluding carboxylic acids is 1. The number of aromatic nitrogens is 3. The highest BCUT2D eigenvalue weighted by Gasteiger charge is 2.40. The van der Waals surface area contributed by atoms with Gasteiger partial charge in [0, 0.05) is 23.1 Å². The number of fused-ring (bicyclic) bond motifs is 1. The van der Waals surface area contributed by atoms with Crippen molar-refractivity contribution in [3.63, 3.8) is 0 Å². The minimum absolute atomic E-state index is 0.332. The maximum atomic E-state index is 13.0. The van der Waals surface area contributed by atoms with Gasteiger partial charge in [0.05, 0.1) is 11.2 Å². The van der Waals surface area contributed by atoms with Crippen LogP contribution in [0.2, 0.25) is 5.02 Å². The van der Waals surface area contributed by atoms with Gasteiger partial charge < -0.3 is 5.32 Å². The van der Waals surface area contributed by atoms with Gasteiger partial charge in [-0.2, -0.15) is 18.3 Å². The number of hydrogen-bond donors (Lipinski definition) is 1. The molecule has 0 fully saturated rings. The van der Waals surface area contributed by atoms with Crippen LogP contribution in [0.15, 0.2) is 34.9 Å². The first-order valence-corrected chi connectivity index (χ1v) is 8.01. The van der Waals surface area contributed by atoms with Gasteiger partial charge in [-0.1, -0.05) is 33.6 Å². The molecule has 5 nitrogen and oxygen atoms in total. The van der Waals surface area contributed by atoms with Crippen molar-refractivity contribution in [1.82, 2.24) is 14.8 Å². The standard InChI is InChI=1S/C15H9BrClF3N4O/c1-24-13(15(18,19)20)10(17)12(23-24)14(25)22-9-5-4-8(16)7-3-2-6-21-11(7)9/h2-6H,1H3,(H,22,25). The molecule has 10 heteroatoms. The summed E-state index contributed by atoms with van der Waals surface area (Å²) in [5, 5.41) is 6.10. The molecular weight excluding hydrogens is 425 g/mol. The molecule has 130 valence electrons. The summed E-state index contributed by atoms with van der Waals surface area (Å²) in [6.07, 6.45) is -3.18. The second-order valence-corrected chi connectivity index (χ2v) is 6.31. The van der Waals surface area contributed by atoms with E-state index >= 15 is 0 Å². The Labute approximate surface area is 152 Å². The second kappa shape index (κ2) is 6.30. The molecule has 3 aromatic rings. The quantitative estimate of drug-likeness (QED) is 0.640. The molecule has 0 unspecified atom stereocenters. The molecule has 0 radical (unpaired) electrons. The van der Waals surface area contributed by atoms with Gasteiger partial charge in [-0.3, -0.25) is 14.5 Å². The van der Waals surface area contributed by atoms with Crippen LogP contribution in [0.5, 0.6) is 0 Å². The van der Waals surface area contributed by atoms with Gasteiger partial charge in [-0.05, 0) is 18.2 Å². The third-order valence-electron chi connectivity index (χ3n) is 3.44. The number of anilines is 1. The lowest BCUT2D eigenvalue weighted by Crippen LogP contribution is -2.14. The molecule has 0 aliphatic rings. The molecule has 0 aliphatic heterocycles. The molecule has 0 saturated carbocycles. The lowest BCUT2D eigenvalue weighted by Gasteiger charge is -2.08. The summed E-state index contributed by atoms with van der Waals surface area (Å²) in [5.74, 6) is -0.856. The molecule has 2 heterocycles. The van der Waals surface area contributed by atoms with Crippen LogP contribution in [0.4, 0.5) is 18.9 Å². The van der Waals surface area contributed by atoms with E-state index in [4.69, 9.17) is 11.6 Å². The van der Waals surface area contributed by atoms with E-state index in [-0.39, 0.29) is 0 Å². The zero-order valence-corrected chi connectivity index (χ0v) is 14.9. The lowest BCUT2D eigenvalue weighted by molar-refractivity contribution is -0.143. The highest BCUT2D eigenvalue weighted by Crippen LogP contribution is 2.36. The summed E-state index contributed by atoms with van der Waals surface area (Å²) in [4.78, 5) is 16.6. The van der Waals surface area contributed by atoms with E-state index in [2.05, 4.69) is 31.3 Å².